The zero-order chi connectivity index (χ0) is 8.82. The fourth-order valence-electron chi connectivity index (χ4n) is 3.01. The van der Waals surface area contributed by atoms with Gasteiger partial charge in [-0.3, -0.25) is 0 Å². The Morgan fingerprint density at radius 1 is 1.17 bits per heavy atom. The number of hydrogen-bond acceptors (Lipinski definition) is 2. The summed E-state index contributed by atoms with van der Waals surface area (Å²) in [5, 5.41) is 20.1. The predicted octanol–water partition coefficient (Wildman–Crippen LogP) is 1.45. The second-order valence-corrected chi connectivity index (χ2v) is 4.71. The molecule has 2 heteroatoms. The highest BCUT2D eigenvalue weighted by Gasteiger charge is 2.56. The molecule has 3 atom stereocenters. The molecule has 12 heavy (non-hydrogen) atoms. The third kappa shape index (κ3) is 0.882. The van der Waals surface area contributed by atoms with Gasteiger partial charge >= 0.3 is 0 Å². The van der Waals surface area contributed by atoms with Crippen LogP contribution in [0.2, 0.25) is 0 Å². The van der Waals surface area contributed by atoms with E-state index >= 15 is 0 Å². The Balaban J connectivity index is 2.29. The van der Waals surface area contributed by atoms with Crippen LogP contribution in [0.5, 0.6) is 0 Å². The Morgan fingerprint density at radius 2 is 1.83 bits per heavy atom. The summed E-state index contributed by atoms with van der Waals surface area (Å²) in [5.74, 6) is 0. The molecule has 2 fully saturated rings. The molecule has 0 spiro atoms. The average Bonchev–Trinajstić information content (AvgIpc) is 2.28. The molecule has 0 radical (unpaired) electrons. The highest BCUT2D eigenvalue weighted by molar-refractivity contribution is 5.07. The fraction of sp³-hybridized carbons (Fsp3) is 1.00. The molecule has 0 aromatic carbocycles. The van der Waals surface area contributed by atoms with Crippen LogP contribution in [0, 0.1) is 5.41 Å². The summed E-state index contributed by atoms with van der Waals surface area (Å²) in [6, 6.07) is 0. The first-order chi connectivity index (χ1) is 5.58. The van der Waals surface area contributed by atoms with E-state index < -0.39 is 5.60 Å². The van der Waals surface area contributed by atoms with Gasteiger partial charge in [0.25, 0.3) is 0 Å². The topological polar surface area (TPSA) is 40.5 Å². The largest absolute Gasteiger partial charge is 0.392 e. The summed E-state index contributed by atoms with van der Waals surface area (Å²) in [5.41, 5.74) is -0.754. The van der Waals surface area contributed by atoms with Crippen LogP contribution in [0.15, 0.2) is 0 Å². The van der Waals surface area contributed by atoms with Crippen LogP contribution in [0.3, 0.4) is 0 Å². The smallest absolute Gasteiger partial charge is 0.0726 e. The van der Waals surface area contributed by atoms with Gasteiger partial charge in [-0.1, -0.05) is 19.8 Å². The molecule has 2 rings (SSSR count). The highest BCUT2D eigenvalue weighted by Crippen LogP contribution is 2.54. The second-order valence-electron chi connectivity index (χ2n) is 4.71. The Morgan fingerprint density at radius 3 is 2.50 bits per heavy atom. The van der Waals surface area contributed by atoms with Crippen LogP contribution >= 0.6 is 0 Å². The molecule has 0 amide bonds. The molecule has 2 aliphatic carbocycles. The maximum Gasteiger partial charge on any atom is 0.0726 e. The first-order valence-corrected chi connectivity index (χ1v) is 4.99. The molecule has 2 aliphatic rings. The van der Waals surface area contributed by atoms with Crippen molar-refractivity contribution in [1.82, 2.24) is 0 Å². The molecule has 0 saturated heterocycles. The Labute approximate surface area is 73.6 Å². The van der Waals surface area contributed by atoms with Crippen molar-refractivity contribution in [3.63, 3.8) is 0 Å². The molecule has 2 saturated carbocycles. The standard InChI is InChI=1S/C10H18O2/c1-9-5-2-3-6-10(9,12)7-4-8(9)11/h8,11-12H,2-7H2,1H3/t8-,9+,10+/m0/s1. The molecular formula is C10H18O2. The minimum Gasteiger partial charge on any atom is -0.392 e. The Hall–Kier alpha value is -0.0800. The molecule has 0 bridgehead atoms. The average molecular weight is 170 g/mol. The Kier molecular flexibility index (Phi) is 1.74. The highest BCUT2D eigenvalue weighted by atomic mass is 16.3. The number of fused-ring (bicyclic) bond motifs is 1. The van der Waals surface area contributed by atoms with E-state index in [2.05, 4.69) is 0 Å². The molecule has 2 N–H and O–H groups in total. The number of aliphatic hydroxyl groups is 2. The van der Waals surface area contributed by atoms with Crippen molar-refractivity contribution >= 4 is 0 Å². The van der Waals surface area contributed by atoms with Crippen molar-refractivity contribution in [2.75, 3.05) is 0 Å². The summed E-state index contributed by atoms with van der Waals surface area (Å²) in [4.78, 5) is 0. The molecule has 0 aliphatic heterocycles. The maximum absolute atomic E-state index is 10.3. The van der Waals surface area contributed by atoms with E-state index in [0.29, 0.717) is 0 Å². The minimum absolute atomic E-state index is 0.203. The summed E-state index contributed by atoms with van der Waals surface area (Å²) >= 11 is 0. The molecule has 0 heterocycles. The van der Waals surface area contributed by atoms with Crippen molar-refractivity contribution in [1.29, 1.82) is 0 Å². The van der Waals surface area contributed by atoms with Gasteiger partial charge in [-0.25, -0.2) is 0 Å². The van der Waals surface area contributed by atoms with Gasteiger partial charge in [0.2, 0.25) is 0 Å². The quantitative estimate of drug-likeness (QED) is 0.577. The maximum atomic E-state index is 10.3. The van der Waals surface area contributed by atoms with Crippen LogP contribution in [0.25, 0.3) is 0 Å². The number of aliphatic hydroxyl groups excluding tert-OH is 1. The normalized spacial score (nSPS) is 53.8. The molecule has 2 nitrogen and oxygen atoms in total. The van der Waals surface area contributed by atoms with Crippen molar-refractivity contribution < 1.29 is 10.2 Å². The molecule has 0 unspecified atom stereocenters. The van der Waals surface area contributed by atoms with Gasteiger partial charge in [-0.2, -0.15) is 0 Å². The van der Waals surface area contributed by atoms with Gasteiger partial charge in [0.1, 0.15) is 0 Å². The van der Waals surface area contributed by atoms with Crippen LogP contribution in [0.4, 0.5) is 0 Å². The summed E-state index contributed by atoms with van der Waals surface area (Å²) in [6.07, 6.45) is 5.47. The summed E-state index contributed by atoms with van der Waals surface area (Å²) in [7, 11) is 0. The molecular weight excluding hydrogens is 152 g/mol. The lowest BCUT2D eigenvalue weighted by Gasteiger charge is -2.45. The summed E-state index contributed by atoms with van der Waals surface area (Å²) in [6.45, 7) is 2.05. The van der Waals surface area contributed by atoms with Gasteiger partial charge in [-0.05, 0) is 25.7 Å². The lowest BCUT2D eigenvalue weighted by molar-refractivity contribution is -0.117. The van der Waals surface area contributed by atoms with E-state index in [1.165, 1.54) is 0 Å². The zero-order valence-corrected chi connectivity index (χ0v) is 7.71. The van der Waals surface area contributed by atoms with E-state index in [-0.39, 0.29) is 11.5 Å². The monoisotopic (exact) mass is 170 g/mol. The first-order valence-electron chi connectivity index (χ1n) is 4.99. The zero-order valence-electron chi connectivity index (χ0n) is 7.71. The van der Waals surface area contributed by atoms with Crippen molar-refractivity contribution in [2.24, 2.45) is 5.41 Å². The van der Waals surface area contributed by atoms with Crippen molar-refractivity contribution in [3.05, 3.63) is 0 Å². The van der Waals surface area contributed by atoms with Crippen LogP contribution in [0.1, 0.15) is 45.4 Å². The van der Waals surface area contributed by atoms with E-state index in [1.807, 2.05) is 6.92 Å². The summed E-state index contributed by atoms with van der Waals surface area (Å²) < 4.78 is 0. The molecule has 0 aromatic rings. The first kappa shape index (κ1) is 8.52. The SMILES string of the molecule is C[C@]12CCCC[C@@]1(O)CC[C@@H]2O. The van der Waals surface area contributed by atoms with E-state index in [0.717, 1.165) is 38.5 Å². The van der Waals surface area contributed by atoms with E-state index in [4.69, 9.17) is 0 Å². The lowest BCUT2D eigenvalue weighted by atomic mass is 9.65. The van der Waals surface area contributed by atoms with Gasteiger partial charge in [0.15, 0.2) is 0 Å². The van der Waals surface area contributed by atoms with Crippen molar-refractivity contribution in [3.8, 4) is 0 Å². The number of hydrogen-bond donors (Lipinski definition) is 2. The van der Waals surface area contributed by atoms with Crippen LogP contribution in [-0.2, 0) is 0 Å². The van der Waals surface area contributed by atoms with Gasteiger partial charge < -0.3 is 10.2 Å². The number of rotatable bonds is 0. The minimum atomic E-state index is -0.551. The Bertz CT molecular complexity index is 188. The fourth-order valence-corrected chi connectivity index (χ4v) is 3.01. The lowest BCUT2D eigenvalue weighted by Crippen LogP contribution is -2.49. The molecule has 0 aromatic heterocycles. The van der Waals surface area contributed by atoms with Gasteiger partial charge in [-0.15, -0.1) is 0 Å². The molecule has 70 valence electrons. The second kappa shape index (κ2) is 2.46. The predicted molar refractivity (Wildman–Crippen MR) is 46.8 cm³/mol. The van der Waals surface area contributed by atoms with Crippen LogP contribution < -0.4 is 0 Å². The van der Waals surface area contributed by atoms with Crippen LogP contribution in [-0.4, -0.2) is 21.9 Å². The van der Waals surface area contributed by atoms with Gasteiger partial charge in [0.05, 0.1) is 11.7 Å². The van der Waals surface area contributed by atoms with E-state index in [1.54, 1.807) is 0 Å². The van der Waals surface area contributed by atoms with E-state index in [9.17, 15) is 10.2 Å². The third-order valence-electron chi connectivity index (χ3n) is 4.17. The third-order valence-corrected chi connectivity index (χ3v) is 4.17. The van der Waals surface area contributed by atoms with Gasteiger partial charge in [0, 0.05) is 5.41 Å². The van der Waals surface area contributed by atoms with Crippen molar-refractivity contribution in [2.45, 2.75) is 57.2 Å².